The van der Waals surface area contributed by atoms with Crippen LogP contribution in [0.1, 0.15) is 24.0 Å². The van der Waals surface area contributed by atoms with Crippen LogP contribution in [0.5, 0.6) is 0 Å². The summed E-state index contributed by atoms with van der Waals surface area (Å²) in [5, 5.41) is 4.99. The number of carbonyl (C=O) groups is 1. The van der Waals surface area contributed by atoms with Crippen molar-refractivity contribution < 1.29 is 13.6 Å². The van der Waals surface area contributed by atoms with E-state index >= 15 is 0 Å². The zero-order valence-corrected chi connectivity index (χ0v) is 11.4. The van der Waals surface area contributed by atoms with E-state index in [4.69, 9.17) is 0 Å². The van der Waals surface area contributed by atoms with Crippen molar-refractivity contribution in [2.24, 2.45) is 5.92 Å². The van der Waals surface area contributed by atoms with Crippen LogP contribution in [-0.2, 0) is 6.42 Å². The van der Waals surface area contributed by atoms with Crippen LogP contribution in [-0.4, -0.2) is 30.0 Å². The minimum atomic E-state index is -2.50. The molecule has 6 heteroatoms. The molecule has 0 aromatic carbocycles. The van der Waals surface area contributed by atoms with Crippen molar-refractivity contribution in [1.82, 2.24) is 15.6 Å². The van der Waals surface area contributed by atoms with Crippen LogP contribution in [0.4, 0.5) is 13.6 Å². The van der Waals surface area contributed by atoms with Crippen LogP contribution in [0.15, 0.2) is 18.5 Å². The van der Waals surface area contributed by atoms with E-state index in [1.807, 2.05) is 13.0 Å². The molecule has 1 fully saturated rings. The number of urea groups is 1. The number of nitrogens with one attached hydrogen (secondary N) is 2. The summed E-state index contributed by atoms with van der Waals surface area (Å²) in [5.41, 5.74) is 2.14. The average Bonchev–Trinajstić information content (AvgIpc) is 3.22. The molecule has 0 bridgehead atoms. The molecule has 1 saturated carbocycles. The number of halogens is 2. The summed E-state index contributed by atoms with van der Waals surface area (Å²) in [4.78, 5) is 15.6. The number of alkyl halides is 2. The molecule has 4 nitrogen and oxygen atoms in total. The SMILES string of the molecule is Cc1cnccc1CCNC(=O)N[C@H](C(F)F)C1CC1. The third-order valence-corrected chi connectivity index (χ3v) is 3.52. The van der Waals surface area contributed by atoms with Gasteiger partial charge in [0.15, 0.2) is 0 Å². The molecule has 1 aliphatic carbocycles. The molecule has 0 spiro atoms. The number of aromatic nitrogens is 1. The maximum atomic E-state index is 12.7. The zero-order chi connectivity index (χ0) is 14.5. The normalized spacial score (nSPS) is 16.0. The Balaban J connectivity index is 1.73. The highest BCUT2D eigenvalue weighted by Gasteiger charge is 2.38. The fraction of sp³-hybridized carbons (Fsp3) is 0.571. The summed E-state index contributed by atoms with van der Waals surface area (Å²) < 4.78 is 25.5. The van der Waals surface area contributed by atoms with E-state index in [1.54, 1.807) is 12.4 Å². The molecule has 20 heavy (non-hydrogen) atoms. The van der Waals surface area contributed by atoms with Crippen molar-refractivity contribution >= 4 is 6.03 Å². The minimum absolute atomic E-state index is 0.0665. The third-order valence-electron chi connectivity index (χ3n) is 3.52. The maximum absolute atomic E-state index is 12.7. The summed E-state index contributed by atoms with van der Waals surface area (Å²) in [6.07, 6.45) is 3.15. The number of aryl methyl sites for hydroxylation is 1. The predicted molar refractivity (Wildman–Crippen MR) is 71.7 cm³/mol. The monoisotopic (exact) mass is 283 g/mol. The standard InChI is InChI=1S/C14H19F2N3O/c1-9-8-17-6-4-10(9)5-7-18-14(20)19-12(13(15)16)11-2-3-11/h4,6,8,11-13H,2-3,5,7H2,1H3,(H2,18,19,20)/t12-/m0/s1. The molecule has 2 amide bonds. The molecule has 1 aromatic rings. The van der Waals surface area contributed by atoms with Gasteiger partial charge in [-0.2, -0.15) is 0 Å². The Morgan fingerprint density at radius 2 is 2.25 bits per heavy atom. The second kappa shape index (κ2) is 6.63. The topological polar surface area (TPSA) is 54.0 Å². The summed E-state index contributed by atoms with van der Waals surface area (Å²) >= 11 is 0. The molecule has 1 aliphatic rings. The lowest BCUT2D eigenvalue weighted by Crippen LogP contribution is -2.47. The highest BCUT2D eigenvalue weighted by molar-refractivity contribution is 5.74. The molecule has 2 rings (SSSR count). The Morgan fingerprint density at radius 3 is 2.85 bits per heavy atom. The average molecular weight is 283 g/mol. The van der Waals surface area contributed by atoms with Crippen molar-refractivity contribution in [2.75, 3.05) is 6.54 Å². The number of rotatable bonds is 6. The number of hydrogen-bond acceptors (Lipinski definition) is 2. The number of carbonyl (C=O) groups excluding carboxylic acids is 1. The van der Waals surface area contributed by atoms with Crippen LogP contribution < -0.4 is 10.6 Å². The van der Waals surface area contributed by atoms with Crippen molar-refractivity contribution in [1.29, 1.82) is 0 Å². The molecule has 2 N–H and O–H groups in total. The van der Waals surface area contributed by atoms with E-state index < -0.39 is 18.5 Å². The summed E-state index contributed by atoms with van der Waals surface area (Å²) in [5.74, 6) is -0.0665. The first-order valence-electron chi connectivity index (χ1n) is 6.80. The number of hydrogen-bond donors (Lipinski definition) is 2. The summed E-state index contributed by atoms with van der Waals surface area (Å²) in [7, 11) is 0. The Bertz CT molecular complexity index is 461. The van der Waals surface area contributed by atoms with Gasteiger partial charge in [0.2, 0.25) is 0 Å². The third kappa shape index (κ3) is 4.15. The van der Waals surface area contributed by atoms with Crippen molar-refractivity contribution in [2.45, 2.75) is 38.7 Å². The first kappa shape index (κ1) is 14.7. The molecule has 110 valence electrons. The summed E-state index contributed by atoms with van der Waals surface area (Å²) in [6, 6.07) is 0.354. The number of amides is 2. The Morgan fingerprint density at radius 1 is 1.50 bits per heavy atom. The Hall–Kier alpha value is -1.72. The van der Waals surface area contributed by atoms with Gasteiger partial charge in [-0.15, -0.1) is 0 Å². The second-order valence-corrected chi connectivity index (χ2v) is 5.15. The molecule has 1 heterocycles. The highest BCUT2D eigenvalue weighted by Crippen LogP contribution is 2.35. The van der Waals surface area contributed by atoms with E-state index in [2.05, 4.69) is 15.6 Å². The molecule has 1 aromatic heterocycles. The van der Waals surface area contributed by atoms with Gasteiger partial charge in [-0.3, -0.25) is 4.98 Å². The maximum Gasteiger partial charge on any atom is 0.315 e. The lowest BCUT2D eigenvalue weighted by Gasteiger charge is -2.17. The van der Waals surface area contributed by atoms with Crippen molar-refractivity contribution in [3.63, 3.8) is 0 Å². The van der Waals surface area contributed by atoms with Gasteiger partial charge >= 0.3 is 6.03 Å². The van der Waals surface area contributed by atoms with Gasteiger partial charge < -0.3 is 10.6 Å². The Labute approximate surface area is 117 Å². The van der Waals surface area contributed by atoms with E-state index in [0.29, 0.717) is 13.0 Å². The molecular formula is C14H19F2N3O. The van der Waals surface area contributed by atoms with E-state index in [-0.39, 0.29) is 5.92 Å². The molecule has 0 radical (unpaired) electrons. The van der Waals surface area contributed by atoms with Gasteiger partial charge in [0, 0.05) is 18.9 Å². The largest absolute Gasteiger partial charge is 0.338 e. The predicted octanol–water partition coefficient (Wildman–Crippen LogP) is 2.28. The molecular weight excluding hydrogens is 264 g/mol. The van der Waals surface area contributed by atoms with Gasteiger partial charge in [-0.1, -0.05) is 0 Å². The van der Waals surface area contributed by atoms with E-state index in [9.17, 15) is 13.6 Å². The fourth-order valence-electron chi connectivity index (χ4n) is 2.14. The van der Waals surface area contributed by atoms with Gasteiger partial charge in [0.1, 0.15) is 0 Å². The zero-order valence-electron chi connectivity index (χ0n) is 11.4. The van der Waals surface area contributed by atoms with Crippen LogP contribution in [0.3, 0.4) is 0 Å². The van der Waals surface area contributed by atoms with Gasteiger partial charge in [-0.25, -0.2) is 13.6 Å². The van der Waals surface area contributed by atoms with Gasteiger partial charge in [-0.05, 0) is 49.3 Å². The number of pyridine rings is 1. The molecule has 1 atom stereocenters. The lowest BCUT2D eigenvalue weighted by molar-refractivity contribution is 0.0916. The van der Waals surface area contributed by atoms with Crippen LogP contribution in [0.25, 0.3) is 0 Å². The molecule has 0 aliphatic heterocycles. The van der Waals surface area contributed by atoms with Gasteiger partial charge in [0.05, 0.1) is 6.04 Å². The first-order valence-corrected chi connectivity index (χ1v) is 6.80. The fourth-order valence-corrected chi connectivity index (χ4v) is 2.14. The highest BCUT2D eigenvalue weighted by atomic mass is 19.3. The van der Waals surface area contributed by atoms with Crippen LogP contribution in [0, 0.1) is 12.8 Å². The van der Waals surface area contributed by atoms with Crippen LogP contribution >= 0.6 is 0 Å². The van der Waals surface area contributed by atoms with Crippen molar-refractivity contribution in [3.05, 3.63) is 29.6 Å². The van der Waals surface area contributed by atoms with Crippen molar-refractivity contribution in [3.8, 4) is 0 Å². The lowest BCUT2D eigenvalue weighted by atomic mass is 10.1. The smallest absolute Gasteiger partial charge is 0.315 e. The Kier molecular flexibility index (Phi) is 4.87. The second-order valence-electron chi connectivity index (χ2n) is 5.15. The summed E-state index contributed by atoms with van der Waals surface area (Å²) in [6.45, 7) is 2.36. The minimum Gasteiger partial charge on any atom is -0.338 e. The van der Waals surface area contributed by atoms with Crippen LogP contribution in [0.2, 0.25) is 0 Å². The quantitative estimate of drug-likeness (QED) is 0.841. The molecule has 0 saturated heterocycles. The van der Waals surface area contributed by atoms with E-state index in [0.717, 1.165) is 24.0 Å². The number of nitrogens with zero attached hydrogens (tertiary/aromatic N) is 1. The van der Waals surface area contributed by atoms with Gasteiger partial charge in [0.25, 0.3) is 6.43 Å². The van der Waals surface area contributed by atoms with E-state index in [1.165, 1.54) is 0 Å². The first-order chi connectivity index (χ1) is 9.58. The molecule has 0 unspecified atom stereocenters.